The number of amides is 1. The van der Waals surface area contributed by atoms with Crippen LogP contribution < -0.4 is 25.1 Å². The number of hydrogen-bond acceptors (Lipinski definition) is 7. The normalized spacial score (nSPS) is 17.4. The zero-order valence-electron chi connectivity index (χ0n) is 22.5. The van der Waals surface area contributed by atoms with E-state index in [9.17, 15) is 9.59 Å². The van der Waals surface area contributed by atoms with Crippen LogP contribution in [-0.2, 0) is 4.79 Å². The smallest absolute Gasteiger partial charge is 0.264 e. The summed E-state index contributed by atoms with van der Waals surface area (Å²) in [6.45, 7) is 1.77. The van der Waals surface area contributed by atoms with Crippen LogP contribution in [0.5, 0.6) is 17.2 Å². The van der Waals surface area contributed by atoms with Crippen LogP contribution in [-0.4, -0.2) is 37.0 Å². The minimum atomic E-state index is -0.128. The van der Waals surface area contributed by atoms with Crippen molar-refractivity contribution in [3.63, 3.8) is 0 Å². The van der Waals surface area contributed by atoms with E-state index >= 15 is 0 Å². The van der Waals surface area contributed by atoms with Gasteiger partial charge in [0, 0.05) is 30.3 Å². The Labute approximate surface area is 231 Å². The number of benzene rings is 2. The molecular weight excluding hydrogens is 522 g/mol. The van der Waals surface area contributed by atoms with E-state index < -0.39 is 0 Å². The fourth-order valence-electron chi connectivity index (χ4n) is 5.85. The lowest BCUT2D eigenvalue weighted by Gasteiger charge is -2.34. The molecule has 2 heterocycles. The molecule has 1 N–H and O–H groups in total. The van der Waals surface area contributed by atoms with E-state index in [4.69, 9.17) is 30.3 Å². The summed E-state index contributed by atoms with van der Waals surface area (Å²) in [5.41, 5.74) is 2.13. The van der Waals surface area contributed by atoms with E-state index in [0.717, 1.165) is 31.2 Å². The van der Waals surface area contributed by atoms with Gasteiger partial charge in [0.15, 0.2) is 17.1 Å². The number of rotatable bonds is 8. The van der Waals surface area contributed by atoms with Gasteiger partial charge in [-0.05, 0) is 44.2 Å². The topological polar surface area (TPSA) is 105 Å². The molecule has 5 rings (SSSR count). The molecular formula is C29H32ClN3O6. The Kier molecular flexibility index (Phi) is 7.70. The van der Waals surface area contributed by atoms with Crippen LogP contribution in [0, 0.1) is 12.8 Å². The zero-order valence-corrected chi connectivity index (χ0v) is 23.3. The maximum Gasteiger partial charge on any atom is 0.264 e. The number of fused-ring (bicyclic) bond motifs is 3. The second-order valence-electron chi connectivity index (χ2n) is 9.89. The fourth-order valence-corrected chi connectivity index (χ4v) is 6.10. The van der Waals surface area contributed by atoms with Crippen LogP contribution >= 0.6 is 11.6 Å². The summed E-state index contributed by atoms with van der Waals surface area (Å²) in [6.07, 6.45) is 4.77. The monoisotopic (exact) mass is 553 g/mol. The summed E-state index contributed by atoms with van der Waals surface area (Å²) in [7, 11) is 4.59. The number of anilines is 1. The number of aromatic nitrogens is 2. The molecule has 0 radical (unpaired) electrons. The van der Waals surface area contributed by atoms with E-state index in [1.54, 1.807) is 25.1 Å². The molecule has 1 amide bonds. The molecule has 39 heavy (non-hydrogen) atoms. The Balaban J connectivity index is 1.42. The molecule has 2 aromatic carbocycles. The van der Waals surface area contributed by atoms with Crippen LogP contribution in [0.25, 0.3) is 21.9 Å². The largest absolute Gasteiger partial charge is 0.493 e. The van der Waals surface area contributed by atoms with Gasteiger partial charge in [-0.15, -0.1) is 0 Å². The number of nitrogens with one attached hydrogen (secondary N) is 1. The number of nitrogens with zero attached hydrogens (tertiary/aromatic N) is 2. The predicted octanol–water partition coefficient (Wildman–Crippen LogP) is 6.28. The zero-order chi connectivity index (χ0) is 27.7. The maximum atomic E-state index is 13.8. The van der Waals surface area contributed by atoms with Gasteiger partial charge in [0.1, 0.15) is 5.39 Å². The SMILES string of the molecule is COc1cc(NC(=O)CCC2CCCCC2n2c(=O)c3c(C)noc3c3c(Cl)cccc32)cc(OC)c1OC. The second kappa shape index (κ2) is 11.2. The van der Waals surface area contributed by atoms with Crippen molar-refractivity contribution >= 4 is 45.1 Å². The molecule has 206 valence electrons. The van der Waals surface area contributed by atoms with E-state index in [2.05, 4.69) is 10.5 Å². The number of halogens is 1. The molecule has 0 saturated heterocycles. The van der Waals surface area contributed by atoms with Crippen molar-refractivity contribution in [3.8, 4) is 17.2 Å². The van der Waals surface area contributed by atoms with Gasteiger partial charge in [0.05, 0.1) is 42.9 Å². The van der Waals surface area contributed by atoms with Gasteiger partial charge >= 0.3 is 0 Å². The average molecular weight is 554 g/mol. The molecule has 10 heteroatoms. The van der Waals surface area contributed by atoms with Crippen molar-refractivity contribution < 1.29 is 23.5 Å². The Morgan fingerprint density at radius 2 is 1.82 bits per heavy atom. The Hall–Kier alpha value is -3.72. The molecule has 0 aliphatic heterocycles. The molecule has 2 aromatic heterocycles. The number of hydrogen-bond donors (Lipinski definition) is 1. The van der Waals surface area contributed by atoms with Crippen molar-refractivity contribution in [1.29, 1.82) is 0 Å². The quantitative estimate of drug-likeness (QED) is 0.274. The lowest BCUT2D eigenvalue weighted by Crippen LogP contribution is -2.32. The third-order valence-corrected chi connectivity index (χ3v) is 7.98. The first kappa shape index (κ1) is 26.9. The predicted molar refractivity (Wildman–Crippen MR) is 150 cm³/mol. The van der Waals surface area contributed by atoms with Gasteiger partial charge < -0.3 is 28.6 Å². The molecule has 0 spiro atoms. The summed E-state index contributed by atoms with van der Waals surface area (Å²) < 4.78 is 23.6. The highest BCUT2D eigenvalue weighted by molar-refractivity contribution is 6.37. The molecule has 0 bridgehead atoms. The van der Waals surface area contributed by atoms with Gasteiger partial charge in [-0.1, -0.05) is 35.7 Å². The number of carbonyl (C=O) groups is 1. The molecule has 1 aliphatic carbocycles. The number of ether oxygens (including phenoxy) is 3. The molecule has 2 unspecified atom stereocenters. The Morgan fingerprint density at radius 1 is 1.10 bits per heavy atom. The third-order valence-electron chi connectivity index (χ3n) is 7.66. The Morgan fingerprint density at radius 3 is 2.51 bits per heavy atom. The van der Waals surface area contributed by atoms with Crippen LogP contribution in [0.15, 0.2) is 39.6 Å². The van der Waals surface area contributed by atoms with Crippen molar-refractivity contribution in [1.82, 2.24) is 9.72 Å². The number of methoxy groups -OCH3 is 3. The molecule has 9 nitrogen and oxygen atoms in total. The van der Waals surface area contributed by atoms with E-state index in [-0.39, 0.29) is 23.4 Å². The van der Waals surface area contributed by atoms with Gasteiger partial charge in [0.2, 0.25) is 11.7 Å². The molecule has 1 fully saturated rings. The van der Waals surface area contributed by atoms with Crippen LogP contribution in [0.4, 0.5) is 5.69 Å². The number of pyridine rings is 1. The van der Waals surface area contributed by atoms with Gasteiger partial charge in [-0.3, -0.25) is 9.59 Å². The molecule has 1 aliphatic rings. The van der Waals surface area contributed by atoms with E-state index in [1.165, 1.54) is 21.3 Å². The average Bonchev–Trinajstić information content (AvgIpc) is 3.33. The number of carbonyl (C=O) groups excluding carboxylic acids is 1. The first-order chi connectivity index (χ1) is 18.9. The van der Waals surface area contributed by atoms with E-state index in [1.807, 2.05) is 16.7 Å². The highest BCUT2D eigenvalue weighted by Gasteiger charge is 2.31. The molecule has 2 atom stereocenters. The summed E-state index contributed by atoms with van der Waals surface area (Å²) in [5, 5.41) is 8.68. The maximum absolute atomic E-state index is 13.8. The van der Waals surface area contributed by atoms with Gasteiger partial charge in [0.25, 0.3) is 5.56 Å². The van der Waals surface area contributed by atoms with Crippen molar-refractivity contribution in [2.24, 2.45) is 5.92 Å². The first-order valence-corrected chi connectivity index (χ1v) is 13.4. The summed E-state index contributed by atoms with van der Waals surface area (Å²) >= 11 is 6.61. The van der Waals surface area contributed by atoms with Gasteiger partial charge in [-0.2, -0.15) is 0 Å². The second-order valence-corrected chi connectivity index (χ2v) is 10.3. The van der Waals surface area contributed by atoms with Crippen LogP contribution in [0.2, 0.25) is 5.02 Å². The highest BCUT2D eigenvalue weighted by Crippen LogP contribution is 2.41. The fraction of sp³-hybridized carbons (Fsp3) is 0.414. The van der Waals surface area contributed by atoms with Gasteiger partial charge in [-0.25, -0.2) is 0 Å². The minimum Gasteiger partial charge on any atom is -0.493 e. The standard InChI is InChI=1S/C29H32ClN3O6/c1-16-25-28(39-32-16)26-19(30)9-7-11-21(26)33(29(25)35)20-10-6-5-8-17(20)12-13-24(34)31-18-14-22(36-2)27(38-4)23(15-18)37-3/h7,9,11,14-15,17,20H,5-6,8,10,12-13H2,1-4H3,(H,31,34). The Bertz CT molecular complexity index is 1570. The highest BCUT2D eigenvalue weighted by atomic mass is 35.5. The van der Waals surface area contributed by atoms with Crippen molar-refractivity contribution in [2.75, 3.05) is 26.6 Å². The summed E-state index contributed by atoms with van der Waals surface area (Å²) in [6, 6.07) is 8.88. The van der Waals surface area contributed by atoms with Crippen molar-refractivity contribution in [3.05, 3.63) is 51.4 Å². The third kappa shape index (κ3) is 4.91. The molecule has 1 saturated carbocycles. The summed E-state index contributed by atoms with van der Waals surface area (Å²) in [4.78, 5) is 26.9. The lowest BCUT2D eigenvalue weighted by atomic mass is 9.81. The van der Waals surface area contributed by atoms with Crippen LogP contribution in [0.1, 0.15) is 50.3 Å². The van der Waals surface area contributed by atoms with E-state index in [0.29, 0.717) is 62.8 Å². The summed E-state index contributed by atoms with van der Waals surface area (Å²) in [5.74, 6) is 1.40. The van der Waals surface area contributed by atoms with Crippen molar-refractivity contribution in [2.45, 2.75) is 51.5 Å². The number of aryl methyl sites for hydroxylation is 1. The lowest BCUT2D eigenvalue weighted by molar-refractivity contribution is -0.116. The molecule has 4 aromatic rings. The minimum absolute atomic E-state index is 0.0695. The first-order valence-electron chi connectivity index (χ1n) is 13.1. The van der Waals surface area contributed by atoms with Crippen LogP contribution in [0.3, 0.4) is 0 Å².